The molecular formula is C25H54N2. The molecule has 0 unspecified atom stereocenters. The summed E-state index contributed by atoms with van der Waals surface area (Å²) in [4.78, 5) is 4.81. The molecular weight excluding hydrogens is 328 g/mol. The van der Waals surface area contributed by atoms with Crippen molar-refractivity contribution in [2.75, 3.05) is 40.8 Å². The molecule has 0 aliphatic carbocycles. The molecule has 0 aliphatic rings. The fourth-order valence-corrected chi connectivity index (χ4v) is 3.85. The second kappa shape index (κ2) is 22.2. The molecule has 0 heterocycles. The minimum atomic E-state index is 1.23. The summed E-state index contributed by atoms with van der Waals surface area (Å²) in [7, 11) is 6.63. The summed E-state index contributed by atoms with van der Waals surface area (Å²) < 4.78 is 0. The Hall–Kier alpha value is -0.0800. The third kappa shape index (κ3) is 23.9. The Morgan fingerprint density at radius 3 is 1.04 bits per heavy atom. The summed E-state index contributed by atoms with van der Waals surface area (Å²) >= 11 is 0. The topological polar surface area (TPSA) is 6.48 Å². The zero-order chi connectivity index (χ0) is 20.0. The van der Waals surface area contributed by atoms with Crippen molar-refractivity contribution >= 4 is 0 Å². The van der Waals surface area contributed by atoms with Gasteiger partial charge in [-0.1, -0.05) is 103 Å². The molecule has 0 spiro atoms. The van der Waals surface area contributed by atoms with Gasteiger partial charge in [-0.25, -0.2) is 0 Å². The number of rotatable bonds is 22. The van der Waals surface area contributed by atoms with Crippen molar-refractivity contribution in [2.24, 2.45) is 0 Å². The minimum absolute atomic E-state index is 1.23. The average molecular weight is 383 g/mol. The van der Waals surface area contributed by atoms with Crippen molar-refractivity contribution in [3.05, 3.63) is 0 Å². The van der Waals surface area contributed by atoms with Crippen LogP contribution < -0.4 is 0 Å². The number of hydrogen-bond acceptors (Lipinski definition) is 2. The molecule has 0 saturated heterocycles. The van der Waals surface area contributed by atoms with E-state index in [1.54, 1.807) is 0 Å². The van der Waals surface area contributed by atoms with Gasteiger partial charge < -0.3 is 9.80 Å². The van der Waals surface area contributed by atoms with Crippen LogP contribution in [0.15, 0.2) is 0 Å². The molecule has 0 aromatic heterocycles. The van der Waals surface area contributed by atoms with Gasteiger partial charge in [-0.3, -0.25) is 0 Å². The summed E-state index contributed by atoms with van der Waals surface area (Å²) in [5, 5.41) is 0. The SMILES string of the molecule is CCCCCCCCCCCCCCCCCCN(C)CCCCN(C)C. The lowest BCUT2D eigenvalue weighted by Gasteiger charge is -2.17. The van der Waals surface area contributed by atoms with Crippen LogP contribution in [0.25, 0.3) is 0 Å². The lowest BCUT2D eigenvalue weighted by atomic mass is 10.0. The lowest BCUT2D eigenvalue weighted by Crippen LogP contribution is -2.22. The largest absolute Gasteiger partial charge is 0.309 e. The molecule has 164 valence electrons. The summed E-state index contributed by atoms with van der Waals surface area (Å²) in [6.45, 7) is 6.09. The van der Waals surface area contributed by atoms with Crippen molar-refractivity contribution in [1.29, 1.82) is 0 Å². The quantitative estimate of drug-likeness (QED) is 0.179. The van der Waals surface area contributed by atoms with Gasteiger partial charge in [0.05, 0.1) is 0 Å². The molecule has 0 amide bonds. The van der Waals surface area contributed by atoms with Crippen LogP contribution in [0.1, 0.15) is 122 Å². The van der Waals surface area contributed by atoms with E-state index >= 15 is 0 Å². The van der Waals surface area contributed by atoms with Crippen LogP contribution >= 0.6 is 0 Å². The Bertz CT molecular complexity index is 265. The van der Waals surface area contributed by atoms with Crippen LogP contribution in [0.5, 0.6) is 0 Å². The van der Waals surface area contributed by atoms with Gasteiger partial charge in [-0.05, 0) is 60.0 Å². The highest BCUT2D eigenvalue weighted by atomic mass is 15.1. The molecule has 0 rings (SSSR count). The van der Waals surface area contributed by atoms with E-state index in [0.717, 1.165) is 0 Å². The molecule has 0 N–H and O–H groups in total. The van der Waals surface area contributed by atoms with E-state index in [1.165, 1.54) is 135 Å². The third-order valence-corrected chi connectivity index (χ3v) is 5.79. The highest BCUT2D eigenvalue weighted by molar-refractivity contribution is 4.55. The average Bonchev–Trinajstić information content (AvgIpc) is 2.64. The van der Waals surface area contributed by atoms with E-state index in [-0.39, 0.29) is 0 Å². The third-order valence-electron chi connectivity index (χ3n) is 5.79. The number of unbranched alkanes of at least 4 members (excludes halogenated alkanes) is 16. The fraction of sp³-hybridized carbons (Fsp3) is 1.00. The highest BCUT2D eigenvalue weighted by Gasteiger charge is 1.99. The van der Waals surface area contributed by atoms with E-state index in [2.05, 4.69) is 37.9 Å². The fourth-order valence-electron chi connectivity index (χ4n) is 3.85. The predicted octanol–water partition coefficient (Wildman–Crippen LogP) is 7.52. The van der Waals surface area contributed by atoms with Gasteiger partial charge in [0, 0.05) is 0 Å². The maximum absolute atomic E-state index is 2.53. The van der Waals surface area contributed by atoms with Crippen LogP contribution in [-0.2, 0) is 0 Å². The van der Waals surface area contributed by atoms with Crippen molar-refractivity contribution in [3.63, 3.8) is 0 Å². The van der Waals surface area contributed by atoms with Crippen LogP contribution in [0, 0.1) is 0 Å². The lowest BCUT2D eigenvalue weighted by molar-refractivity contribution is 0.304. The summed E-state index contributed by atoms with van der Waals surface area (Å²) in [6, 6.07) is 0. The summed E-state index contributed by atoms with van der Waals surface area (Å²) in [5.74, 6) is 0. The molecule has 2 nitrogen and oxygen atoms in total. The molecule has 0 aliphatic heterocycles. The van der Waals surface area contributed by atoms with Crippen molar-refractivity contribution in [2.45, 2.75) is 122 Å². The van der Waals surface area contributed by atoms with Crippen molar-refractivity contribution < 1.29 is 0 Å². The van der Waals surface area contributed by atoms with E-state index in [0.29, 0.717) is 0 Å². The molecule has 0 radical (unpaired) electrons. The molecule has 0 atom stereocenters. The molecule has 0 aromatic rings. The molecule has 0 aromatic carbocycles. The van der Waals surface area contributed by atoms with E-state index in [9.17, 15) is 0 Å². The zero-order valence-electron chi connectivity index (χ0n) is 19.7. The Labute approximate surface area is 173 Å². The first-order chi connectivity index (χ1) is 13.2. The minimum Gasteiger partial charge on any atom is -0.309 e. The maximum Gasteiger partial charge on any atom is -0.00213 e. The van der Waals surface area contributed by atoms with Crippen molar-refractivity contribution in [1.82, 2.24) is 9.80 Å². The van der Waals surface area contributed by atoms with Crippen molar-refractivity contribution in [3.8, 4) is 0 Å². The molecule has 2 heteroatoms. The van der Waals surface area contributed by atoms with Gasteiger partial charge in [0.2, 0.25) is 0 Å². The van der Waals surface area contributed by atoms with Gasteiger partial charge in [-0.2, -0.15) is 0 Å². The standard InChI is InChI=1S/C25H54N2/c1-5-6-7-8-9-10-11-12-13-14-15-16-17-18-19-20-24-27(4)25-22-21-23-26(2)3/h5-25H2,1-4H3. The van der Waals surface area contributed by atoms with Crippen LogP contribution in [0.2, 0.25) is 0 Å². The first-order valence-electron chi connectivity index (χ1n) is 12.5. The molecule has 0 saturated carbocycles. The molecule has 0 bridgehead atoms. The van der Waals surface area contributed by atoms with E-state index in [4.69, 9.17) is 0 Å². The number of nitrogens with zero attached hydrogens (tertiary/aromatic N) is 2. The van der Waals surface area contributed by atoms with Gasteiger partial charge >= 0.3 is 0 Å². The smallest absolute Gasteiger partial charge is 0.00213 e. The second-order valence-corrected chi connectivity index (χ2v) is 9.12. The zero-order valence-corrected chi connectivity index (χ0v) is 19.7. The molecule has 0 fully saturated rings. The van der Waals surface area contributed by atoms with Crippen LogP contribution in [0.3, 0.4) is 0 Å². The summed E-state index contributed by atoms with van der Waals surface area (Å²) in [6.07, 6.45) is 26.0. The highest BCUT2D eigenvalue weighted by Crippen LogP contribution is 2.13. The Morgan fingerprint density at radius 1 is 0.370 bits per heavy atom. The van der Waals surface area contributed by atoms with Gasteiger partial charge in [-0.15, -0.1) is 0 Å². The molecule has 27 heavy (non-hydrogen) atoms. The van der Waals surface area contributed by atoms with Crippen LogP contribution in [-0.4, -0.2) is 50.6 Å². The van der Waals surface area contributed by atoms with E-state index in [1.807, 2.05) is 0 Å². The maximum atomic E-state index is 2.53. The first kappa shape index (κ1) is 26.9. The Kier molecular flexibility index (Phi) is 22.1. The normalized spacial score (nSPS) is 11.8. The van der Waals surface area contributed by atoms with E-state index < -0.39 is 0 Å². The van der Waals surface area contributed by atoms with Gasteiger partial charge in [0.15, 0.2) is 0 Å². The predicted molar refractivity (Wildman–Crippen MR) is 125 cm³/mol. The van der Waals surface area contributed by atoms with Crippen LogP contribution in [0.4, 0.5) is 0 Å². The second-order valence-electron chi connectivity index (χ2n) is 9.12. The first-order valence-corrected chi connectivity index (χ1v) is 12.5. The monoisotopic (exact) mass is 382 g/mol. The Morgan fingerprint density at radius 2 is 0.667 bits per heavy atom. The number of hydrogen-bond donors (Lipinski definition) is 0. The van der Waals surface area contributed by atoms with Gasteiger partial charge in [0.25, 0.3) is 0 Å². The van der Waals surface area contributed by atoms with Gasteiger partial charge in [0.1, 0.15) is 0 Å². The Balaban J connectivity index is 3.10. The summed E-state index contributed by atoms with van der Waals surface area (Å²) in [5.41, 5.74) is 0.